The summed E-state index contributed by atoms with van der Waals surface area (Å²) in [5, 5.41) is 2.92. The van der Waals surface area contributed by atoms with Gasteiger partial charge in [0.25, 0.3) is 5.91 Å². The Morgan fingerprint density at radius 3 is 2.83 bits per heavy atom. The maximum Gasteiger partial charge on any atom is 0.264 e. The van der Waals surface area contributed by atoms with Crippen LogP contribution in [0.15, 0.2) is 48.5 Å². The van der Waals surface area contributed by atoms with Crippen molar-refractivity contribution in [3.63, 3.8) is 0 Å². The van der Waals surface area contributed by atoms with Crippen LogP contribution in [0.25, 0.3) is 0 Å². The van der Waals surface area contributed by atoms with Crippen molar-refractivity contribution in [1.29, 1.82) is 0 Å². The minimum Gasteiger partial charge on any atom is -0.485 e. The molecule has 1 aliphatic heterocycles. The lowest BCUT2D eigenvalue weighted by Gasteiger charge is -2.25. The molecular formula is C19H21NO3. The molecular weight excluding hydrogens is 290 g/mol. The van der Waals surface area contributed by atoms with E-state index in [9.17, 15) is 4.79 Å². The van der Waals surface area contributed by atoms with Crippen molar-refractivity contribution in [2.45, 2.75) is 25.9 Å². The first-order valence-electron chi connectivity index (χ1n) is 7.94. The minimum atomic E-state index is -0.580. The van der Waals surface area contributed by atoms with Crippen LogP contribution in [0.4, 0.5) is 0 Å². The SMILES string of the molecule is Cc1cccc(CCCNC(=O)[C@@H]2COc3ccccc3O2)c1. The summed E-state index contributed by atoms with van der Waals surface area (Å²) in [6.45, 7) is 2.97. The van der Waals surface area contributed by atoms with Gasteiger partial charge >= 0.3 is 0 Å². The summed E-state index contributed by atoms with van der Waals surface area (Å²) in [5.41, 5.74) is 2.56. The highest BCUT2D eigenvalue weighted by molar-refractivity contribution is 5.81. The zero-order valence-corrected chi connectivity index (χ0v) is 13.2. The molecule has 0 aliphatic carbocycles. The molecule has 0 fully saturated rings. The van der Waals surface area contributed by atoms with Crippen LogP contribution in [-0.4, -0.2) is 25.2 Å². The average molecular weight is 311 g/mol. The molecule has 2 aromatic rings. The molecule has 4 heteroatoms. The fraction of sp³-hybridized carbons (Fsp3) is 0.316. The summed E-state index contributed by atoms with van der Waals surface area (Å²) in [4.78, 5) is 12.2. The number of ether oxygens (including phenoxy) is 2. The Bertz CT molecular complexity index is 684. The Morgan fingerprint density at radius 1 is 1.17 bits per heavy atom. The molecule has 0 unspecified atom stereocenters. The largest absolute Gasteiger partial charge is 0.485 e. The molecule has 120 valence electrons. The highest BCUT2D eigenvalue weighted by atomic mass is 16.6. The van der Waals surface area contributed by atoms with Gasteiger partial charge in [-0.15, -0.1) is 0 Å². The van der Waals surface area contributed by atoms with E-state index in [4.69, 9.17) is 9.47 Å². The van der Waals surface area contributed by atoms with E-state index in [-0.39, 0.29) is 12.5 Å². The van der Waals surface area contributed by atoms with Crippen molar-refractivity contribution in [3.05, 3.63) is 59.7 Å². The van der Waals surface area contributed by atoms with E-state index in [1.165, 1.54) is 11.1 Å². The number of para-hydroxylation sites is 2. The summed E-state index contributed by atoms with van der Waals surface area (Å²) in [7, 11) is 0. The third-order valence-electron chi connectivity index (χ3n) is 3.82. The molecule has 1 atom stereocenters. The molecule has 0 saturated heterocycles. The molecule has 3 rings (SSSR count). The number of amides is 1. The van der Waals surface area contributed by atoms with Crippen molar-refractivity contribution < 1.29 is 14.3 Å². The molecule has 2 aromatic carbocycles. The molecule has 23 heavy (non-hydrogen) atoms. The van der Waals surface area contributed by atoms with Gasteiger partial charge in [0.05, 0.1) is 0 Å². The van der Waals surface area contributed by atoms with E-state index in [0.29, 0.717) is 18.0 Å². The third kappa shape index (κ3) is 4.03. The minimum absolute atomic E-state index is 0.122. The van der Waals surface area contributed by atoms with Gasteiger partial charge in [0.15, 0.2) is 11.5 Å². The number of nitrogens with one attached hydrogen (secondary N) is 1. The first-order valence-corrected chi connectivity index (χ1v) is 7.94. The number of benzene rings is 2. The first-order chi connectivity index (χ1) is 11.2. The molecule has 0 saturated carbocycles. The molecule has 0 aromatic heterocycles. The normalized spacial score (nSPS) is 16.0. The average Bonchev–Trinajstić information content (AvgIpc) is 2.58. The molecule has 4 nitrogen and oxygen atoms in total. The van der Waals surface area contributed by atoms with Gasteiger partial charge in [-0.3, -0.25) is 4.79 Å². The molecule has 0 bridgehead atoms. The fourth-order valence-corrected chi connectivity index (χ4v) is 2.63. The quantitative estimate of drug-likeness (QED) is 0.864. The second-order valence-electron chi connectivity index (χ2n) is 5.75. The Balaban J connectivity index is 1.43. The standard InChI is InChI=1S/C19H21NO3/c1-14-6-4-7-15(12-14)8-5-11-20-19(21)18-13-22-16-9-2-3-10-17(16)23-18/h2-4,6-7,9-10,12,18H,5,8,11,13H2,1H3,(H,20,21)/t18-/m0/s1. The van der Waals surface area contributed by atoms with Crippen molar-refractivity contribution >= 4 is 5.91 Å². The second kappa shape index (κ2) is 7.18. The van der Waals surface area contributed by atoms with Crippen molar-refractivity contribution in [1.82, 2.24) is 5.32 Å². The van der Waals surface area contributed by atoms with E-state index in [0.717, 1.165) is 12.8 Å². The molecule has 1 heterocycles. The zero-order chi connectivity index (χ0) is 16.1. The van der Waals surface area contributed by atoms with E-state index >= 15 is 0 Å². The van der Waals surface area contributed by atoms with Gasteiger partial charge in [-0.1, -0.05) is 42.0 Å². The van der Waals surface area contributed by atoms with Crippen LogP contribution in [0.1, 0.15) is 17.5 Å². The second-order valence-corrected chi connectivity index (χ2v) is 5.75. The summed E-state index contributed by atoms with van der Waals surface area (Å²) in [5.74, 6) is 1.19. The lowest BCUT2D eigenvalue weighted by atomic mass is 10.1. The Morgan fingerprint density at radius 2 is 2.00 bits per heavy atom. The van der Waals surface area contributed by atoms with E-state index < -0.39 is 6.10 Å². The number of hydrogen-bond acceptors (Lipinski definition) is 3. The van der Waals surface area contributed by atoms with E-state index in [1.807, 2.05) is 24.3 Å². The molecule has 1 aliphatic rings. The van der Waals surface area contributed by atoms with Crippen LogP contribution < -0.4 is 14.8 Å². The predicted octanol–water partition coefficient (Wildman–Crippen LogP) is 2.88. The topological polar surface area (TPSA) is 47.6 Å². The Hall–Kier alpha value is -2.49. The van der Waals surface area contributed by atoms with E-state index in [2.05, 4.69) is 36.5 Å². The van der Waals surface area contributed by atoms with Crippen molar-refractivity contribution in [3.8, 4) is 11.5 Å². The predicted molar refractivity (Wildman–Crippen MR) is 88.9 cm³/mol. The number of fused-ring (bicyclic) bond motifs is 1. The van der Waals surface area contributed by atoms with E-state index in [1.54, 1.807) is 0 Å². The van der Waals surface area contributed by atoms with Gasteiger partial charge < -0.3 is 14.8 Å². The van der Waals surface area contributed by atoms with Crippen molar-refractivity contribution in [2.75, 3.05) is 13.2 Å². The number of hydrogen-bond donors (Lipinski definition) is 1. The van der Waals surface area contributed by atoms with Crippen LogP contribution in [0.3, 0.4) is 0 Å². The molecule has 1 amide bonds. The number of carbonyl (C=O) groups excluding carboxylic acids is 1. The van der Waals surface area contributed by atoms with Crippen LogP contribution in [0.5, 0.6) is 11.5 Å². The summed E-state index contributed by atoms with van der Waals surface area (Å²) in [6, 6.07) is 15.8. The van der Waals surface area contributed by atoms with Crippen LogP contribution >= 0.6 is 0 Å². The maximum absolute atomic E-state index is 12.2. The fourth-order valence-electron chi connectivity index (χ4n) is 2.63. The van der Waals surface area contributed by atoms with Gasteiger partial charge in [0, 0.05) is 6.54 Å². The summed E-state index contributed by atoms with van der Waals surface area (Å²) >= 11 is 0. The third-order valence-corrected chi connectivity index (χ3v) is 3.82. The lowest BCUT2D eigenvalue weighted by Crippen LogP contribution is -2.44. The first kappa shape index (κ1) is 15.4. The lowest BCUT2D eigenvalue weighted by molar-refractivity contribution is -0.130. The van der Waals surface area contributed by atoms with Gasteiger partial charge in [0.1, 0.15) is 6.61 Å². The zero-order valence-electron chi connectivity index (χ0n) is 13.2. The highest BCUT2D eigenvalue weighted by Crippen LogP contribution is 2.30. The van der Waals surface area contributed by atoms with Gasteiger partial charge in [-0.05, 0) is 37.5 Å². The van der Waals surface area contributed by atoms with Gasteiger partial charge in [-0.2, -0.15) is 0 Å². The molecule has 0 radical (unpaired) electrons. The van der Waals surface area contributed by atoms with Crippen molar-refractivity contribution in [2.24, 2.45) is 0 Å². The Labute approximate surface area is 136 Å². The van der Waals surface area contributed by atoms with Crippen LogP contribution in [0, 0.1) is 6.92 Å². The highest BCUT2D eigenvalue weighted by Gasteiger charge is 2.26. The molecule has 0 spiro atoms. The Kier molecular flexibility index (Phi) is 4.81. The van der Waals surface area contributed by atoms with Crippen LogP contribution in [0.2, 0.25) is 0 Å². The number of rotatable bonds is 5. The number of aryl methyl sites for hydroxylation is 2. The number of carbonyl (C=O) groups is 1. The smallest absolute Gasteiger partial charge is 0.264 e. The van der Waals surface area contributed by atoms with Gasteiger partial charge in [-0.25, -0.2) is 0 Å². The summed E-state index contributed by atoms with van der Waals surface area (Å²) in [6.07, 6.45) is 1.27. The maximum atomic E-state index is 12.2. The van der Waals surface area contributed by atoms with Gasteiger partial charge in [0.2, 0.25) is 6.10 Å². The monoisotopic (exact) mass is 311 g/mol. The van der Waals surface area contributed by atoms with Crippen LogP contribution in [-0.2, 0) is 11.2 Å². The molecule has 1 N–H and O–H groups in total. The summed E-state index contributed by atoms with van der Waals surface area (Å²) < 4.78 is 11.2.